The van der Waals surface area contributed by atoms with E-state index in [2.05, 4.69) is 20.6 Å². The molecule has 30 heavy (non-hydrogen) atoms. The van der Waals surface area contributed by atoms with E-state index in [9.17, 15) is 4.79 Å². The van der Waals surface area contributed by atoms with Crippen molar-refractivity contribution in [2.75, 3.05) is 19.5 Å². The van der Waals surface area contributed by atoms with Crippen LogP contribution in [0.1, 0.15) is 28.7 Å². The molecule has 4 rings (SSSR count). The van der Waals surface area contributed by atoms with Gasteiger partial charge in [-0.05, 0) is 30.7 Å². The van der Waals surface area contributed by atoms with Crippen LogP contribution in [0.25, 0.3) is 15.5 Å². The van der Waals surface area contributed by atoms with E-state index in [1.807, 2.05) is 32.0 Å². The lowest BCUT2D eigenvalue weighted by molar-refractivity contribution is 0.102. The Hall–Kier alpha value is -3.46. The molecular weight excluding hydrogens is 402 g/mol. The smallest absolute Gasteiger partial charge is 0.263 e. The summed E-state index contributed by atoms with van der Waals surface area (Å²) in [6.07, 6.45) is 0.750. The van der Waals surface area contributed by atoms with E-state index >= 15 is 0 Å². The van der Waals surface area contributed by atoms with Gasteiger partial charge in [-0.1, -0.05) is 36.5 Å². The van der Waals surface area contributed by atoms with Gasteiger partial charge in [0, 0.05) is 17.7 Å². The molecule has 0 aliphatic rings. The Bertz CT molecular complexity index is 1210. The number of nitrogens with one attached hydrogen (secondary N) is 1. The number of benzene rings is 2. The topological polar surface area (TPSA) is 90.6 Å². The van der Waals surface area contributed by atoms with Gasteiger partial charge in [-0.2, -0.15) is 9.61 Å². The quantitative estimate of drug-likeness (QED) is 0.504. The summed E-state index contributed by atoms with van der Waals surface area (Å²) in [5.74, 6) is 1.40. The van der Waals surface area contributed by atoms with Crippen LogP contribution in [0.4, 0.5) is 5.69 Å². The van der Waals surface area contributed by atoms with Crippen LogP contribution in [-0.2, 0) is 6.42 Å². The molecule has 154 valence electrons. The second-order valence-electron chi connectivity index (χ2n) is 6.59. The normalized spacial score (nSPS) is 10.9. The summed E-state index contributed by atoms with van der Waals surface area (Å²) in [5, 5.41) is 16.7. The standard InChI is InChI=1S/C21H21N5O3S/c1-5-17-23-24-21-26(17)25-20(30-21)13-10-9-12(2)14(11-13)22-19(27)18-15(28-3)7-6-8-16(18)29-4/h6-11H,5H2,1-4H3,(H,22,27). The molecule has 0 spiro atoms. The van der Waals surface area contributed by atoms with Crippen LogP contribution in [0, 0.1) is 6.92 Å². The molecule has 0 atom stereocenters. The summed E-state index contributed by atoms with van der Waals surface area (Å²) in [4.78, 5) is 13.8. The molecule has 2 aromatic carbocycles. The maximum absolute atomic E-state index is 13.1. The van der Waals surface area contributed by atoms with Crippen LogP contribution in [0.5, 0.6) is 11.5 Å². The predicted molar refractivity (Wildman–Crippen MR) is 116 cm³/mol. The Kier molecular flexibility index (Phi) is 5.37. The highest BCUT2D eigenvalue weighted by atomic mass is 32.1. The first kappa shape index (κ1) is 19.8. The van der Waals surface area contributed by atoms with Crippen molar-refractivity contribution in [2.24, 2.45) is 0 Å². The summed E-state index contributed by atoms with van der Waals surface area (Å²) in [5.41, 5.74) is 2.85. The van der Waals surface area contributed by atoms with Crippen molar-refractivity contribution >= 4 is 27.9 Å². The average Bonchev–Trinajstić information content (AvgIpc) is 3.35. The molecule has 2 heterocycles. The SMILES string of the molecule is CCc1nnc2sc(-c3ccc(C)c(NC(=O)c4c(OC)cccc4OC)c3)nn12. The van der Waals surface area contributed by atoms with Gasteiger partial charge in [0.1, 0.15) is 22.1 Å². The highest BCUT2D eigenvalue weighted by Crippen LogP contribution is 2.32. The molecule has 0 radical (unpaired) electrons. The fourth-order valence-electron chi connectivity index (χ4n) is 3.14. The van der Waals surface area contributed by atoms with Gasteiger partial charge in [-0.25, -0.2) is 0 Å². The van der Waals surface area contributed by atoms with E-state index in [4.69, 9.17) is 9.47 Å². The van der Waals surface area contributed by atoms with Crippen molar-refractivity contribution in [3.8, 4) is 22.1 Å². The fourth-order valence-corrected chi connectivity index (χ4v) is 4.00. The molecule has 0 saturated carbocycles. The minimum Gasteiger partial charge on any atom is -0.496 e. The van der Waals surface area contributed by atoms with Crippen molar-refractivity contribution in [2.45, 2.75) is 20.3 Å². The van der Waals surface area contributed by atoms with Gasteiger partial charge in [0.15, 0.2) is 5.82 Å². The lowest BCUT2D eigenvalue weighted by atomic mass is 10.1. The highest BCUT2D eigenvalue weighted by Gasteiger charge is 2.20. The van der Waals surface area contributed by atoms with Gasteiger partial charge in [0.2, 0.25) is 4.96 Å². The number of nitrogens with zero attached hydrogens (tertiary/aromatic N) is 4. The fraction of sp³-hybridized carbons (Fsp3) is 0.238. The maximum atomic E-state index is 13.1. The van der Waals surface area contributed by atoms with Gasteiger partial charge >= 0.3 is 0 Å². The summed E-state index contributed by atoms with van der Waals surface area (Å²) >= 11 is 1.45. The highest BCUT2D eigenvalue weighted by molar-refractivity contribution is 7.19. The monoisotopic (exact) mass is 423 g/mol. The first-order chi connectivity index (χ1) is 14.5. The summed E-state index contributed by atoms with van der Waals surface area (Å²) in [6, 6.07) is 11.1. The van der Waals surface area contributed by atoms with Crippen molar-refractivity contribution in [3.05, 3.63) is 53.3 Å². The molecular formula is C21H21N5O3S. The zero-order valence-electron chi connectivity index (χ0n) is 17.1. The average molecular weight is 423 g/mol. The van der Waals surface area contributed by atoms with Crippen molar-refractivity contribution in [3.63, 3.8) is 0 Å². The molecule has 2 aromatic heterocycles. The minimum atomic E-state index is -0.309. The number of aryl methyl sites for hydroxylation is 2. The second kappa shape index (κ2) is 8.11. The van der Waals surface area contributed by atoms with Crippen molar-refractivity contribution in [1.82, 2.24) is 19.8 Å². The Morgan fingerprint density at radius 2 is 1.87 bits per heavy atom. The lowest BCUT2D eigenvalue weighted by Gasteiger charge is -2.14. The lowest BCUT2D eigenvalue weighted by Crippen LogP contribution is -2.15. The third-order valence-corrected chi connectivity index (χ3v) is 5.71. The Balaban J connectivity index is 1.69. The number of hydrogen-bond acceptors (Lipinski definition) is 7. The molecule has 0 saturated heterocycles. The first-order valence-electron chi connectivity index (χ1n) is 9.40. The van der Waals surface area contributed by atoms with Crippen molar-refractivity contribution in [1.29, 1.82) is 0 Å². The number of anilines is 1. The first-order valence-corrected chi connectivity index (χ1v) is 10.2. The summed E-state index contributed by atoms with van der Waals surface area (Å²) < 4.78 is 12.5. The van der Waals surface area contributed by atoms with Gasteiger partial charge in [-0.3, -0.25) is 4.79 Å². The van der Waals surface area contributed by atoms with E-state index in [1.54, 1.807) is 22.7 Å². The molecule has 4 aromatic rings. The molecule has 8 nitrogen and oxygen atoms in total. The Morgan fingerprint density at radius 1 is 1.13 bits per heavy atom. The number of rotatable bonds is 6. The number of carbonyl (C=O) groups is 1. The number of hydrogen-bond donors (Lipinski definition) is 1. The van der Waals surface area contributed by atoms with E-state index < -0.39 is 0 Å². The number of fused-ring (bicyclic) bond motifs is 1. The van der Waals surface area contributed by atoms with Gasteiger partial charge in [-0.15, -0.1) is 10.2 Å². The third kappa shape index (κ3) is 3.48. The number of carbonyl (C=O) groups excluding carboxylic acids is 1. The maximum Gasteiger partial charge on any atom is 0.263 e. The van der Waals surface area contributed by atoms with Gasteiger partial charge in [0.05, 0.1) is 14.2 Å². The molecule has 0 aliphatic heterocycles. The van der Waals surface area contributed by atoms with Crippen LogP contribution in [-0.4, -0.2) is 39.9 Å². The molecule has 0 fully saturated rings. The largest absolute Gasteiger partial charge is 0.496 e. The van der Waals surface area contributed by atoms with E-state index in [-0.39, 0.29) is 5.91 Å². The van der Waals surface area contributed by atoms with Crippen LogP contribution in [0.3, 0.4) is 0 Å². The number of amides is 1. The van der Waals surface area contributed by atoms with E-state index in [1.165, 1.54) is 25.6 Å². The molecule has 9 heteroatoms. The molecule has 0 aliphatic carbocycles. The number of ether oxygens (including phenoxy) is 2. The van der Waals surface area contributed by atoms with Crippen LogP contribution >= 0.6 is 11.3 Å². The van der Waals surface area contributed by atoms with Crippen molar-refractivity contribution < 1.29 is 14.3 Å². The molecule has 0 unspecified atom stereocenters. The zero-order chi connectivity index (χ0) is 21.3. The Labute approximate surface area is 177 Å². The van der Waals surface area contributed by atoms with Crippen LogP contribution < -0.4 is 14.8 Å². The van der Waals surface area contributed by atoms with Gasteiger partial charge < -0.3 is 14.8 Å². The van der Waals surface area contributed by atoms with E-state index in [0.29, 0.717) is 22.7 Å². The molecule has 1 N–H and O–H groups in total. The predicted octanol–water partition coefficient (Wildman–Crippen LogP) is 3.99. The summed E-state index contributed by atoms with van der Waals surface area (Å²) in [6.45, 7) is 3.95. The summed E-state index contributed by atoms with van der Waals surface area (Å²) in [7, 11) is 3.05. The van der Waals surface area contributed by atoms with Gasteiger partial charge in [0.25, 0.3) is 5.91 Å². The Morgan fingerprint density at radius 3 is 2.53 bits per heavy atom. The number of methoxy groups -OCH3 is 2. The van der Waals surface area contributed by atoms with E-state index in [0.717, 1.165) is 33.3 Å². The zero-order valence-corrected chi connectivity index (χ0v) is 17.9. The van der Waals surface area contributed by atoms with Crippen LogP contribution in [0.2, 0.25) is 0 Å². The number of aromatic nitrogens is 4. The minimum absolute atomic E-state index is 0.309. The second-order valence-corrected chi connectivity index (χ2v) is 7.55. The third-order valence-electron chi connectivity index (χ3n) is 4.76. The molecule has 1 amide bonds. The van der Waals surface area contributed by atoms with Crippen LogP contribution in [0.15, 0.2) is 36.4 Å². The molecule has 0 bridgehead atoms.